The van der Waals surface area contributed by atoms with Crippen molar-refractivity contribution in [2.75, 3.05) is 0 Å². The summed E-state index contributed by atoms with van der Waals surface area (Å²) in [5.74, 6) is 0. The van der Waals surface area contributed by atoms with Crippen LogP contribution in [0, 0.1) is 0 Å². The third-order valence-corrected chi connectivity index (χ3v) is 21.6. The van der Waals surface area contributed by atoms with Crippen molar-refractivity contribution >= 4 is 79.4 Å². The second-order valence-electron chi connectivity index (χ2n) is 15.5. The second-order valence-corrected chi connectivity index (χ2v) is 23.1. The summed E-state index contributed by atoms with van der Waals surface area (Å²) in [5.41, 5.74) is -4.31. The molecule has 61 heavy (non-hydrogen) atoms. The Labute approximate surface area is 380 Å². The largest absolute Gasteiger partial charge is 0.309 e. The summed E-state index contributed by atoms with van der Waals surface area (Å²) in [4.78, 5) is 0. The van der Waals surface area contributed by atoms with Crippen LogP contribution in [0.5, 0.6) is 0 Å². The number of fused-ring (bicyclic) bond motifs is 3. The molecule has 10 aromatic rings. The highest BCUT2D eigenvalue weighted by atomic mass is 28.3. The molecule has 0 bridgehead atoms. The first kappa shape index (κ1) is 26.4. The summed E-state index contributed by atoms with van der Waals surface area (Å²) in [7, 11) is -6.40. The van der Waals surface area contributed by atoms with Crippen LogP contribution in [0.2, 0.25) is 0 Å². The molecule has 0 N–H and O–H groups in total. The SMILES string of the molecule is [2H]c1c([2H])c(C(C([2H])([2H])[2H])(C([2H])([2H])[2H])C([2H])([2H])[2H])c([2H])c([2H])c1-n1c2ccc([Si](c3ccccc3)(c3ccccc3)c3ccccc3)cc2c2cc([Si](c3ccccc3)(c3ccccc3)c3ccccc3)ccc21. The molecular weight excluding hydrogens is 767 g/mol. The van der Waals surface area contributed by atoms with E-state index >= 15 is 0 Å². The number of hydrogen-bond acceptors (Lipinski definition) is 0. The van der Waals surface area contributed by atoms with E-state index < -0.39 is 71.9 Å². The van der Waals surface area contributed by atoms with Crippen molar-refractivity contribution in [3.63, 3.8) is 0 Å². The molecule has 0 amide bonds. The normalized spacial score (nSPS) is 15.9. The molecule has 9 aromatic carbocycles. The lowest BCUT2D eigenvalue weighted by atomic mass is 9.87. The Morgan fingerprint density at radius 1 is 0.361 bits per heavy atom. The summed E-state index contributed by atoms with van der Waals surface area (Å²) in [6, 6.07) is 71.2. The molecule has 3 heteroatoms. The molecule has 10 rings (SSSR count). The first-order valence-corrected chi connectivity index (χ1v) is 24.4. The molecule has 0 saturated heterocycles. The lowest BCUT2D eigenvalue weighted by Gasteiger charge is -2.34. The van der Waals surface area contributed by atoms with Gasteiger partial charge in [-0.2, -0.15) is 0 Å². The van der Waals surface area contributed by atoms with Crippen LogP contribution in [0.4, 0.5) is 0 Å². The average molecular weight is 829 g/mol. The van der Waals surface area contributed by atoms with E-state index in [1.807, 2.05) is 121 Å². The molecule has 0 aliphatic heterocycles. The Morgan fingerprint density at radius 2 is 0.656 bits per heavy atom. The number of rotatable bonds is 9. The molecule has 0 unspecified atom stereocenters. The fraction of sp³-hybridized carbons (Fsp3) is 0.0690. The average Bonchev–Trinajstić information content (AvgIpc) is 3.71. The molecule has 0 atom stereocenters. The Balaban J connectivity index is 1.39. The van der Waals surface area contributed by atoms with Gasteiger partial charge < -0.3 is 4.57 Å². The van der Waals surface area contributed by atoms with Crippen molar-refractivity contribution < 1.29 is 17.8 Å². The van der Waals surface area contributed by atoms with Crippen LogP contribution in [0.15, 0.2) is 243 Å². The molecule has 1 nitrogen and oxygen atoms in total. The molecule has 294 valence electrons. The maximum absolute atomic E-state index is 9.70. The highest BCUT2D eigenvalue weighted by Crippen LogP contribution is 2.33. The lowest BCUT2D eigenvalue weighted by molar-refractivity contribution is 0.590. The van der Waals surface area contributed by atoms with E-state index in [-0.39, 0.29) is 5.69 Å². The zero-order valence-electron chi connectivity index (χ0n) is 46.2. The van der Waals surface area contributed by atoms with Crippen molar-refractivity contribution in [3.8, 4) is 5.69 Å². The van der Waals surface area contributed by atoms with Crippen molar-refractivity contribution in [3.05, 3.63) is 248 Å². The van der Waals surface area contributed by atoms with Gasteiger partial charge in [0.2, 0.25) is 0 Å². The van der Waals surface area contributed by atoms with Crippen LogP contribution < -0.4 is 41.5 Å². The van der Waals surface area contributed by atoms with Gasteiger partial charge in [-0.3, -0.25) is 0 Å². The highest BCUT2D eigenvalue weighted by molar-refractivity contribution is 7.20. The van der Waals surface area contributed by atoms with E-state index in [2.05, 4.69) is 97.1 Å². The number of hydrogen-bond donors (Lipinski definition) is 0. The molecular formula is C58H49NSi2. The van der Waals surface area contributed by atoms with E-state index in [4.69, 9.17) is 12.3 Å². The summed E-state index contributed by atoms with van der Waals surface area (Å²) in [5, 5.41) is 10.2. The van der Waals surface area contributed by atoms with E-state index in [0.717, 1.165) is 52.3 Å². The molecule has 0 radical (unpaired) electrons. The van der Waals surface area contributed by atoms with Crippen LogP contribution in [0.3, 0.4) is 0 Å². The minimum absolute atomic E-state index is 0.296. The number of benzene rings is 9. The zero-order valence-corrected chi connectivity index (χ0v) is 35.2. The van der Waals surface area contributed by atoms with Gasteiger partial charge in [0.25, 0.3) is 0 Å². The topological polar surface area (TPSA) is 4.93 Å². The minimum atomic E-state index is -3.82. The first-order chi connectivity index (χ1) is 35.3. The van der Waals surface area contributed by atoms with Crippen molar-refractivity contribution in [1.29, 1.82) is 0 Å². The Bertz CT molecular complexity index is 3220. The molecule has 0 aliphatic rings. The van der Waals surface area contributed by atoms with Gasteiger partial charge >= 0.3 is 0 Å². The Morgan fingerprint density at radius 3 is 0.934 bits per heavy atom. The van der Waals surface area contributed by atoms with Gasteiger partial charge in [-0.25, -0.2) is 0 Å². The molecule has 0 spiro atoms. The predicted octanol–water partition coefficient (Wildman–Crippen LogP) is 8.84. The molecule has 0 aliphatic carbocycles. The summed E-state index contributed by atoms with van der Waals surface area (Å²) in [6.07, 6.45) is 0. The maximum atomic E-state index is 9.70. The lowest BCUT2D eigenvalue weighted by Crippen LogP contribution is -2.74. The fourth-order valence-electron chi connectivity index (χ4n) is 9.46. The molecule has 1 aromatic heterocycles. The number of nitrogens with zero attached hydrogens (tertiary/aromatic N) is 1. The van der Waals surface area contributed by atoms with Crippen molar-refractivity contribution in [2.45, 2.75) is 26.0 Å². The quantitative estimate of drug-likeness (QED) is 0.101. The van der Waals surface area contributed by atoms with Gasteiger partial charge in [-0.05, 0) is 76.7 Å². The molecule has 0 fully saturated rings. The van der Waals surface area contributed by atoms with Gasteiger partial charge in [0.1, 0.15) is 0 Å². The smallest absolute Gasteiger partial charge is 0.179 e. The van der Waals surface area contributed by atoms with Crippen LogP contribution >= 0.6 is 0 Å². The first-order valence-electron chi connectivity index (χ1n) is 26.9. The summed E-state index contributed by atoms with van der Waals surface area (Å²) >= 11 is 0. The van der Waals surface area contributed by atoms with Gasteiger partial charge in [0, 0.05) is 28.8 Å². The monoisotopic (exact) mass is 828 g/mol. The Hall–Kier alpha value is -6.79. The van der Waals surface area contributed by atoms with Crippen molar-refractivity contribution in [2.24, 2.45) is 0 Å². The zero-order chi connectivity index (χ0) is 52.4. The summed E-state index contributed by atoms with van der Waals surface area (Å²) in [6.45, 7) is -11.5. The van der Waals surface area contributed by atoms with Crippen LogP contribution in [-0.4, -0.2) is 20.7 Å². The maximum Gasteiger partial charge on any atom is 0.179 e. The van der Waals surface area contributed by atoms with E-state index in [0.29, 0.717) is 11.0 Å². The van der Waals surface area contributed by atoms with Crippen LogP contribution in [-0.2, 0) is 5.41 Å². The Kier molecular flexibility index (Phi) is 6.79. The highest BCUT2D eigenvalue weighted by Gasteiger charge is 2.43. The van der Waals surface area contributed by atoms with Crippen LogP contribution in [0.25, 0.3) is 27.5 Å². The van der Waals surface area contributed by atoms with Gasteiger partial charge in [-0.15, -0.1) is 0 Å². The third kappa shape index (κ3) is 6.44. The second kappa shape index (κ2) is 15.7. The molecule has 1 heterocycles. The predicted molar refractivity (Wildman–Crippen MR) is 267 cm³/mol. The van der Waals surface area contributed by atoms with E-state index in [9.17, 15) is 5.48 Å². The number of aromatic nitrogens is 1. The summed E-state index contributed by atoms with van der Waals surface area (Å²) < 4.78 is 116. The van der Waals surface area contributed by atoms with Gasteiger partial charge in [0.05, 0.1) is 16.5 Å². The fourth-order valence-corrected chi connectivity index (χ4v) is 19.0. The standard InChI is InChI=1S/C58H49NSi2/c1-58(2,3)44-34-36-45(37-35-44)59-56-40-38-52(60(46-22-10-4-11-23-46,47-24-12-5-13-25-47)48-26-14-6-15-27-48)42-54(56)55-43-53(39-41-57(55)59)61(49-28-16-7-17-29-49,50-30-18-8-19-31-50)51-32-20-9-21-33-51/h4-43H,1-3H3/i1D3,2D3,3D3,34D,35D,36D,37D. The van der Waals surface area contributed by atoms with Gasteiger partial charge in [0.15, 0.2) is 16.1 Å². The van der Waals surface area contributed by atoms with E-state index in [1.165, 1.54) is 0 Å². The third-order valence-electron chi connectivity index (χ3n) is 12.1. The van der Waals surface area contributed by atoms with E-state index in [1.54, 1.807) is 4.57 Å². The van der Waals surface area contributed by atoms with Crippen molar-refractivity contribution in [1.82, 2.24) is 4.57 Å². The van der Waals surface area contributed by atoms with Crippen LogP contribution in [0.1, 0.15) is 43.9 Å². The minimum Gasteiger partial charge on any atom is -0.309 e. The van der Waals surface area contributed by atoms with Gasteiger partial charge in [-0.1, -0.05) is 239 Å². The molecule has 0 saturated carbocycles.